The van der Waals surface area contributed by atoms with Gasteiger partial charge < -0.3 is 10.4 Å². The first kappa shape index (κ1) is 12.9. The van der Waals surface area contributed by atoms with Crippen LogP contribution < -0.4 is 10.9 Å². The number of hydrogen-bond donors (Lipinski definition) is 3. The van der Waals surface area contributed by atoms with Gasteiger partial charge in [-0.25, -0.2) is 0 Å². The summed E-state index contributed by atoms with van der Waals surface area (Å²) in [6.45, 7) is 0.391. The normalized spacial score (nSPS) is 16.7. The molecule has 1 fully saturated rings. The van der Waals surface area contributed by atoms with Crippen LogP contribution in [-0.2, 0) is 11.3 Å². The predicted octanol–water partition coefficient (Wildman–Crippen LogP) is 1.68. The molecule has 0 aromatic carbocycles. The predicted molar refractivity (Wildman–Crippen MR) is 69.1 cm³/mol. The van der Waals surface area contributed by atoms with Gasteiger partial charge in [-0.15, -0.1) is 0 Å². The fourth-order valence-corrected chi connectivity index (χ4v) is 2.56. The van der Waals surface area contributed by atoms with E-state index in [0.717, 1.165) is 12.3 Å². The lowest BCUT2D eigenvalue weighted by molar-refractivity contribution is -0.121. The summed E-state index contributed by atoms with van der Waals surface area (Å²) in [5, 5.41) is 7.98. The number of rotatable bonds is 5. The van der Waals surface area contributed by atoms with E-state index in [0.29, 0.717) is 18.7 Å². The Kier molecular flexibility index (Phi) is 4.61. The molecule has 1 aliphatic carbocycles. The Morgan fingerprint density at radius 1 is 1.28 bits per heavy atom. The highest BCUT2D eigenvalue weighted by Crippen LogP contribution is 2.27. The van der Waals surface area contributed by atoms with Crippen molar-refractivity contribution in [1.29, 1.82) is 0 Å². The van der Waals surface area contributed by atoms with Crippen molar-refractivity contribution in [2.45, 2.75) is 51.5 Å². The molecule has 1 aromatic rings. The average molecular weight is 251 g/mol. The van der Waals surface area contributed by atoms with Crippen molar-refractivity contribution in [3.63, 3.8) is 0 Å². The lowest BCUT2D eigenvalue weighted by Crippen LogP contribution is -2.23. The molecule has 1 saturated carbocycles. The molecular formula is C13H21N3O2. The zero-order chi connectivity index (χ0) is 12.8. The molecule has 0 unspecified atom stereocenters. The Hall–Kier alpha value is -1.52. The van der Waals surface area contributed by atoms with E-state index in [1.807, 2.05) is 0 Å². The van der Waals surface area contributed by atoms with Gasteiger partial charge >= 0.3 is 0 Å². The van der Waals surface area contributed by atoms with Crippen molar-refractivity contribution in [3.05, 3.63) is 22.1 Å². The van der Waals surface area contributed by atoms with Gasteiger partial charge in [-0.05, 0) is 12.3 Å². The Morgan fingerprint density at radius 3 is 2.72 bits per heavy atom. The Labute approximate surface area is 106 Å². The number of nitrogens with one attached hydrogen (secondary N) is 3. The quantitative estimate of drug-likeness (QED) is 0.744. The molecule has 1 aliphatic rings. The molecule has 0 aliphatic heterocycles. The van der Waals surface area contributed by atoms with E-state index in [4.69, 9.17) is 0 Å². The standard InChI is InChI=1S/C13H21N3O2/c17-12(7-6-10-4-2-1-3-5-10)14-9-11-8-13(18)16-15-11/h8,10H,1-7,9H2,(H,14,17)(H2,15,16,18). The van der Waals surface area contributed by atoms with Crippen molar-refractivity contribution in [1.82, 2.24) is 15.5 Å². The summed E-state index contributed by atoms with van der Waals surface area (Å²) < 4.78 is 0. The monoisotopic (exact) mass is 251 g/mol. The van der Waals surface area contributed by atoms with E-state index in [1.165, 1.54) is 38.2 Å². The summed E-state index contributed by atoms with van der Waals surface area (Å²) in [7, 11) is 0. The molecule has 100 valence electrons. The van der Waals surface area contributed by atoms with Crippen molar-refractivity contribution >= 4 is 5.91 Å². The van der Waals surface area contributed by atoms with Gasteiger partial charge in [0.25, 0.3) is 5.56 Å². The van der Waals surface area contributed by atoms with Gasteiger partial charge in [-0.3, -0.25) is 14.7 Å². The lowest BCUT2D eigenvalue weighted by atomic mass is 9.86. The molecule has 0 spiro atoms. The third-order valence-electron chi connectivity index (χ3n) is 3.63. The Bertz CT molecular complexity index is 429. The van der Waals surface area contributed by atoms with E-state index < -0.39 is 0 Å². The number of aromatic amines is 2. The molecular weight excluding hydrogens is 230 g/mol. The second-order valence-corrected chi connectivity index (χ2v) is 5.10. The third-order valence-corrected chi connectivity index (χ3v) is 3.63. The second-order valence-electron chi connectivity index (χ2n) is 5.10. The Morgan fingerprint density at radius 2 is 2.06 bits per heavy atom. The van der Waals surface area contributed by atoms with Gasteiger partial charge in [0.15, 0.2) is 0 Å². The molecule has 5 nitrogen and oxygen atoms in total. The van der Waals surface area contributed by atoms with Crippen LogP contribution in [0.3, 0.4) is 0 Å². The smallest absolute Gasteiger partial charge is 0.264 e. The molecule has 0 radical (unpaired) electrons. The zero-order valence-electron chi connectivity index (χ0n) is 10.6. The second kappa shape index (κ2) is 6.42. The SMILES string of the molecule is O=C(CCC1CCCCC1)NCc1cc(=O)[nH][nH]1. The summed E-state index contributed by atoms with van der Waals surface area (Å²) in [6, 6.07) is 1.46. The minimum absolute atomic E-state index is 0.0719. The summed E-state index contributed by atoms with van der Waals surface area (Å²) >= 11 is 0. The summed E-state index contributed by atoms with van der Waals surface area (Å²) in [5.41, 5.74) is 0.549. The summed E-state index contributed by atoms with van der Waals surface area (Å²) in [6.07, 6.45) is 8.13. The molecule has 5 heteroatoms. The minimum atomic E-state index is -0.165. The number of hydrogen-bond acceptors (Lipinski definition) is 2. The minimum Gasteiger partial charge on any atom is -0.350 e. The van der Waals surface area contributed by atoms with E-state index in [2.05, 4.69) is 15.5 Å². The molecule has 1 amide bonds. The van der Waals surface area contributed by atoms with Gasteiger partial charge in [-0.1, -0.05) is 32.1 Å². The van der Waals surface area contributed by atoms with Gasteiger partial charge in [0.1, 0.15) is 0 Å². The van der Waals surface area contributed by atoms with Crippen LogP contribution in [0.15, 0.2) is 10.9 Å². The first-order chi connectivity index (χ1) is 8.74. The molecule has 1 aromatic heterocycles. The maximum absolute atomic E-state index is 11.7. The van der Waals surface area contributed by atoms with E-state index in [-0.39, 0.29) is 11.5 Å². The highest BCUT2D eigenvalue weighted by Gasteiger charge is 2.14. The van der Waals surface area contributed by atoms with E-state index in [1.54, 1.807) is 0 Å². The fraction of sp³-hybridized carbons (Fsp3) is 0.692. The summed E-state index contributed by atoms with van der Waals surface area (Å²) in [5.74, 6) is 0.805. The zero-order valence-corrected chi connectivity index (χ0v) is 10.6. The molecule has 0 atom stereocenters. The van der Waals surface area contributed by atoms with Gasteiger partial charge in [-0.2, -0.15) is 0 Å². The van der Waals surface area contributed by atoms with Crippen LogP contribution in [0.4, 0.5) is 0 Å². The molecule has 1 heterocycles. The maximum Gasteiger partial charge on any atom is 0.264 e. The van der Waals surface area contributed by atoms with Crippen LogP contribution in [0.2, 0.25) is 0 Å². The van der Waals surface area contributed by atoms with Crippen molar-refractivity contribution in [2.75, 3.05) is 0 Å². The first-order valence-electron chi connectivity index (χ1n) is 6.77. The number of carbonyl (C=O) groups is 1. The van der Waals surface area contributed by atoms with Crippen molar-refractivity contribution in [2.24, 2.45) is 5.92 Å². The topological polar surface area (TPSA) is 77.8 Å². The lowest BCUT2D eigenvalue weighted by Gasteiger charge is -2.20. The number of carbonyl (C=O) groups excluding carboxylic acids is 1. The van der Waals surface area contributed by atoms with Crippen LogP contribution in [0, 0.1) is 5.92 Å². The number of aromatic nitrogens is 2. The third kappa shape index (κ3) is 4.05. The van der Waals surface area contributed by atoms with E-state index >= 15 is 0 Å². The van der Waals surface area contributed by atoms with Crippen LogP contribution in [-0.4, -0.2) is 16.1 Å². The van der Waals surface area contributed by atoms with Crippen LogP contribution in [0.1, 0.15) is 50.6 Å². The van der Waals surface area contributed by atoms with Gasteiger partial charge in [0.2, 0.25) is 5.91 Å². The first-order valence-corrected chi connectivity index (χ1v) is 6.77. The van der Waals surface area contributed by atoms with Crippen LogP contribution in [0.5, 0.6) is 0 Å². The molecule has 0 bridgehead atoms. The van der Waals surface area contributed by atoms with Gasteiger partial charge in [0, 0.05) is 12.5 Å². The molecule has 0 saturated heterocycles. The molecule has 18 heavy (non-hydrogen) atoms. The van der Waals surface area contributed by atoms with Gasteiger partial charge in [0.05, 0.1) is 12.2 Å². The van der Waals surface area contributed by atoms with E-state index in [9.17, 15) is 9.59 Å². The highest BCUT2D eigenvalue weighted by molar-refractivity contribution is 5.75. The molecule has 2 rings (SSSR count). The largest absolute Gasteiger partial charge is 0.350 e. The van der Waals surface area contributed by atoms with Crippen molar-refractivity contribution in [3.8, 4) is 0 Å². The summed E-state index contributed by atoms with van der Waals surface area (Å²) in [4.78, 5) is 22.5. The fourth-order valence-electron chi connectivity index (χ4n) is 2.56. The van der Waals surface area contributed by atoms with Crippen molar-refractivity contribution < 1.29 is 4.79 Å². The van der Waals surface area contributed by atoms with Crippen LogP contribution >= 0.6 is 0 Å². The van der Waals surface area contributed by atoms with Crippen LogP contribution in [0.25, 0.3) is 0 Å². The number of H-pyrrole nitrogens is 2. The number of amides is 1. The maximum atomic E-state index is 11.7. The highest BCUT2D eigenvalue weighted by atomic mass is 16.1. The Balaban J connectivity index is 1.64. The average Bonchev–Trinajstić information content (AvgIpc) is 2.81. The molecule has 3 N–H and O–H groups in total.